The predicted octanol–water partition coefficient (Wildman–Crippen LogP) is 3.01. The fourth-order valence-corrected chi connectivity index (χ4v) is 2.13. The van der Waals surface area contributed by atoms with Gasteiger partial charge in [-0.2, -0.15) is 0 Å². The van der Waals surface area contributed by atoms with E-state index in [1.165, 1.54) is 24.9 Å². The SMILES string of the molecule is CCCC[NH2+]CCOc1ccc(OCc2ccccc2)cc1. The van der Waals surface area contributed by atoms with Gasteiger partial charge in [-0.15, -0.1) is 0 Å². The average molecular weight is 300 g/mol. The average Bonchev–Trinajstić information content (AvgIpc) is 2.58. The highest BCUT2D eigenvalue weighted by Crippen LogP contribution is 2.18. The van der Waals surface area contributed by atoms with E-state index < -0.39 is 0 Å². The van der Waals surface area contributed by atoms with Gasteiger partial charge in [0, 0.05) is 0 Å². The van der Waals surface area contributed by atoms with Crippen molar-refractivity contribution in [2.45, 2.75) is 26.4 Å². The summed E-state index contributed by atoms with van der Waals surface area (Å²) < 4.78 is 11.5. The third kappa shape index (κ3) is 6.19. The number of unbranched alkanes of at least 4 members (excludes halogenated alkanes) is 1. The van der Waals surface area contributed by atoms with Gasteiger partial charge >= 0.3 is 0 Å². The van der Waals surface area contributed by atoms with Gasteiger partial charge in [0.15, 0.2) is 0 Å². The molecule has 0 atom stereocenters. The first-order chi connectivity index (χ1) is 10.9. The molecule has 0 fully saturated rings. The van der Waals surface area contributed by atoms with E-state index in [2.05, 4.69) is 24.4 Å². The quantitative estimate of drug-likeness (QED) is 0.685. The number of hydrogen-bond acceptors (Lipinski definition) is 2. The first-order valence-corrected chi connectivity index (χ1v) is 8.09. The molecule has 2 aromatic rings. The number of benzene rings is 2. The lowest BCUT2D eigenvalue weighted by molar-refractivity contribution is -0.655. The van der Waals surface area contributed by atoms with Crippen molar-refractivity contribution in [2.24, 2.45) is 0 Å². The molecule has 0 aliphatic rings. The van der Waals surface area contributed by atoms with Crippen molar-refractivity contribution in [3.63, 3.8) is 0 Å². The van der Waals surface area contributed by atoms with E-state index in [4.69, 9.17) is 9.47 Å². The van der Waals surface area contributed by atoms with Gasteiger partial charge in [0.25, 0.3) is 0 Å². The molecule has 0 saturated carbocycles. The normalized spacial score (nSPS) is 10.4. The van der Waals surface area contributed by atoms with Crippen LogP contribution in [0, 0.1) is 0 Å². The maximum Gasteiger partial charge on any atom is 0.137 e. The number of nitrogens with two attached hydrogens (primary N) is 1. The largest absolute Gasteiger partial charge is 0.489 e. The lowest BCUT2D eigenvalue weighted by Crippen LogP contribution is -2.85. The van der Waals surface area contributed by atoms with Crippen molar-refractivity contribution >= 4 is 0 Å². The van der Waals surface area contributed by atoms with Gasteiger partial charge in [-0.3, -0.25) is 0 Å². The Morgan fingerprint density at radius 2 is 1.50 bits per heavy atom. The molecule has 0 aromatic heterocycles. The Morgan fingerprint density at radius 1 is 0.818 bits per heavy atom. The summed E-state index contributed by atoms with van der Waals surface area (Å²) in [6.07, 6.45) is 2.52. The van der Waals surface area contributed by atoms with Gasteiger partial charge in [0.1, 0.15) is 31.3 Å². The molecule has 0 bridgehead atoms. The number of rotatable bonds is 10. The molecule has 0 spiro atoms. The Labute approximate surface area is 133 Å². The first-order valence-electron chi connectivity index (χ1n) is 8.09. The molecule has 22 heavy (non-hydrogen) atoms. The second-order valence-electron chi connectivity index (χ2n) is 5.31. The molecular weight excluding hydrogens is 274 g/mol. The molecule has 3 nitrogen and oxygen atoms in total. The Hall–Kier alpha value is -2.00. The molecule has 0 radical (unpaired) electrons. The van der Waals surface area contributed by atoms with Crippen LogP contribution in [-0.2, 0) is 6.61 Å². The number of ether oxygens (including phenoxy) is 2. The van der Waals surface area contributed by atoms with Crippen LogP contribution in [-0.4, -0.2) is 19.7 Å². The Kier molecular flexibility index (Phi) is 7.33. The van der Waals surface area contributed by atoms with Gasteiger partial charge < -0.3 is 14.8 Å². The Morgan fingerprint density at radius 3 is 2.18 bits per heavy atom. The van der Waals surface area contributed by atoms with E-state index in [0.717, 1.165) is 24.7 Å². The van der Waals surface area contributed by atoms with Crippen LogP contribution in [0.25, 0.3) is 0 Å². The lowest BCUT2D eigenvalue weighted by Gasteiger charge is -2.08. The molecule has 2 rings (SSSR count). The van der Waals surface area contributed by atoms with Crippen molar-refractivity contribution in [3.8, 4) is 11.5 Å². The lowest BCUT2D eigenvalue weighted by atomic mass is 10.2. The van der Waals surface area contributed by atoms with E-state index >= 15 is 0 Å². The summed E-state index contributed by atoms with van der Waals surface area (Å²) >= 11 is 0. The van der Waals surface area contributed by atoms with Crippen molar-refractivity contribution in [2.75, 3.05) is 19.7 Å². The topological polar surface area (TPSA) is 35.1 Å². The maximum absolute atomic E-state index is 5.76. The molecule has 0 aliphatic heterocycles. The molecule has 118 valence electrons. The zero-order valence-corrected chi connectivity index (χ0v) is 13.3. The molecule has 2 aromatic carbocycles. The van der Waals surface area contributed by atoms with Crippen LogP contribution in [0.4, 0.5) is 0 Å². The summed E-state index contributed by atoms with van der Waals surface area (Å²) in [5.41, 5.74) is 1.17. The van der Waals surface area contributed by atoms with Crippen LogP contribution in [0.1, 0.15) is 25.3 Å². The van der Waals surface area contributed by atoms with Gasteiger partial charge in [0.05, 0.1) is 6.54 Å². The van der Waals surface area contributed by atoms with E-state index in [0.29, 0.717) is 6.61 Å². The van der Waals surface area contributed by atoms with Crippen LogP contribution < -0.4 is 14.8 Å². The zero-order valence-electron chi connectivity index (χ0n) is 13.3. The summed E-state index contributed by atoms with van der Waals surface area (Å²) in [4.78, 5) is 0. The van der Waals surface area contributed by atoms with Crippen molar-refractivity contribution in [1.82, 2.24) is 0 Å². The highest BCUT2D eigenvalue weighted by molar-refractivity contribution is 5.31. The minimum absolute atomic E-state index is 0.591. The monoisotopic (exact) mass is 300 g/mol. The number of quaternary nitrogens is 1. The molecular formula is C19H26NO2+. The van der Waals surface area contributed by atoms with Crippen LogP contribution >= 0.6 is 0 Å². The van der Waals surface area contributed by atoms with Crippen LogP contribution in [0.2, 0.25) is 0 Å². The van der Waals surface area contributed by atoms with Gasteiger partial charge in [-0.05, 0) is 36.2 Å². The van der Waals surface area contributed by atoms with Crippen molar-refractivity contribution < 1.29 is 14.8 Å². The van der Waals surface area contributed by atoms with Crippen LogP contribution in [0.15, 0.2) is 54.6 Å². The van der Waals surface area contributed by atoms with Crippen LogP contribution in [0.5, 0.6) is 11.5 Å². The van der Waals surface area contributed by atoms with Crippen molar-refractivity contribution in [1.29, 1.82) is 0 Å². The highest BCUT2D eigenvalue weighted by Gasteiger charge is 1.98. The second-order valence-corrected chi connectivity index (χ2v) is 5.31. The minimum Gasteiger partial charge on any atom is -0.489 e. The van der Waals surface area contributed by atoms with Gasteiger partial charge in [-0.1, -0.05) is 43.7 Å². The Bertz CT molecular complexity index is 511. The summed E-state index contributed by atoms with van der Waals surface area (Å²) in [6.45, 7) is 5.74. The second kappa shape index (κ2) is 9.85. The molecule has 0 unspecified atom stereocenters. The van der Waals surface area contributed by atoms with E-state index in [1.54, 1.807) is 0 Å². The van der Waals surface area contributed by atoms with Gasteiger partial charge in [-0.25, -0.2) is 0 Å². The minimum atomic E-state index is 0.591. The fraction of sp³-hybridized carbons (Fsp3) is 0.368. The smallest absolute Gasteiger partial charge is 0.137 e. The van der Waals surface area contributed by atoms with Crippen LogP contribution in [0.3, 0.4) is 0 Å². The molecule has 0 heterocycles. The molecule has 2 N–H and O–H groups in total. The zero-order chi connectivity index (χ0) is 15.5. The summed E-state index contributed by atoms with van der Waals surface area (Å²) in [7, 11) is 0. The number of hydrogen-bond donors (Lipinski definition) is 1. The van der Waals surface area contributed by atoms with E-state index in [-0.39, 0.29) is 0 Å². The molecule has 0 amide bonds. The van der Waals surface area contributed by atoms with E-state index in [1.807, 2.05) is 42.5 Å². The summed E-state index contributed by atoms with van der Waals surface area (Å²) in [5, 5.41) is 2.31. The highest BCUT2D eigenvalue weighted by atomic mass is 16.5. The first kappa shape index (κ1) is 16.4. The standard InChI is InChI=1S/C19H25NO2/c1-2-3-13-20-14-15-21-18-9-11-19(12-10-18)22-16-17-7-5-4-6-8-17/h4-12,20H,2-3,13-16H2,1H3/p+1. The molecule has 0 aliphatic carbocycles. The summed E-state index contributed by atoms with van der Waals surface area (Å²) in [5.74, 6) is 1.77. The van der Waals surface area contributed by atoms with E-state index in [9.17, 15) is 0 Å². The predicted molar refractivity (Wildman–Crippen MR) is 89.3 cm³/mol. The molecule has 3 heteroatoms. The third-order valence-corrected chi connectivity index (χ3v) is 3.42. The molecule has 0 saturated heterocycles. The van der Waals surface area contributed by atoms with Gasteiger partial charge in [0.2, 0.25) is 0 Å². The summed E-state index contributed by atoms with van der Waals surface area (Å²) in [6, 6.07) is 18.0. The maximum atomic E-state index is 5.76. The third-order valence-electron chi connectivity index (χ3n) is 3.42. The van der Waals surface area contributed by atoms with Crippen molar-refractivity contribution in [3.05, 3.63) is 60.2 Å². The fourth-order valence-electron chi connectivity index (χ4n) is 2.13. The Balaban J connectivity index is 1.67.